The fourth-order valence-electron chi connectivity index (χ4n) is 2.81. The van der Waals surface area contributed by atoms with Crippen molar-refractivity contribution in [1.29, 1.82) is 10.5 Å². The van der Waals surface area contributed by atoms with E-state index < -0.39 is 0 Å². The van der Waals surface area contributed by atoms with Gasteiger partial charge in [-0.05, 0) is 49.6 Å². The quantitative estimate of drug-likeness (QED) is 0.822. The predicted molar refractivity (Wildman–Crippen MR) is 106 cm³/mol. The molecule has 1 amide bonds. The summed E-state index contributed by atoms with van der Waals surface area (Å²) in [4.78, 5) is 11.2. The van der Waals surface area contributed by atoms with Gasteiger partial charge < -0.3 is 10.6 Å². The zero-order valence-electron chi connectivity index (χ0n) is 15.5. The molecule has 138 valence electrons. The Morgan fingerprint density at radius 3 is 2.22 bits per heavy atom. The van der Waals surface area contributed by atoms with Crippen LogP contribution in [0.5, 0.6) is 0 Å². The van der Waals surface area contributed by atoms with Gasteiger partial charge >= 0.3 is 0 Å². The first-order valence-corrected chi connectivity index (χ1v) is 9.09. The van der Waals surface area contributed by atoms with Crippen LogP contribution >= 0.6 is 0 Å². The van der Waals surface area contributed by atoms with E-state index in [1.54, 1.807) is 0 Å². The molecular weight excluding hydrogens is 336 g/mol. The minimum absolute atomic E-state index is 0.0451. The molecule has 0 aliphatic carbocycles. The van der Waals surface area contributed by atoms with Gasteiger partial charge in [0.05, 0.1) is 23.7 Å². The van der Waals surface area contributed by atoms with Crippen molar-refractivity contribution in [2.75, 3.05) is 13.1 Å². The third kappa shape index (κ3) is 6.58. The van der Waals surface area contributed by atoms with E-state index in [2.05, 4.69) is 47.9 Å². The fourth-order valence-corrected chi connectivity index (χ4v) is 2.81. The normalized spacial score (nSPS) is 15.4. The zero-order chi connectivity index (χ0) is 19.5. The molecule has 3 rings (SSSR count). The lowest BCUT2D eigenvalue weighted by atomic mass is 10.0. The Bertz CT molecular complexity index is 807. The molecule has 0 saturated carbocycles. The number of carbonyl (C=O) groups excluding carboxylic acids is 1. The van der Waals surface area contributed by atoms with Crippen LogP contribution in [0.2, 0.25) is 0 Å². The first kappa shape index (κ1) is 20.2. The summed E-state index contributed by atoms with van der Waals surface area (Å²) in [5.41, 5.74) is 4.29. The second-order valence-corrected chi connectivity index (χ2v) is 6.43. The van der Waals surface area contributed by atoms with Crippen molar-refractivity contribution < 1.29 is 4.79 Å². The molecule has 1 heterocycles. The molecule has 0 spiro atoms. The van der Waals surface area contributed by atoms with Crippen molar-refractivity contribution in [3.63, 3.8) is 0 Å². The van der Waals surface area contributed by atoms with Crippen LogP contribution in [0.4, 0.5) is 0 Å². The van der Waals surface area contributed by atoms with Crippen LogP contribution in [0.25, 0.3) is 11.1 Å². The number of nitrogens with zero attached hydrogens (tertiary/aromatic N) is 2. The van der Waals surface area contributed by atoms with Gasteiger partial charge in [-0.1, -0.05) is 48.4 Å². The number of amides is 1. The second kappa shape index (κ2) is 10.8. The Morgan fingerprint density at radius 1 is 1.07 bits per heavy atom. The lowest BCUT2D eigenvalue weighted by Crippen LogP contribution is -2.46. The minimum Gasteiger partial charge on any atom is -0.342 e. The van der Waals surface area contributed by atoms with Crippen LogP contribution in [0.15, 0.2) is 48.5 Å². The molecule has 0 bridgehead atoms. The average Bonchev–Trinajstić information content (AvgIpc) is 2.74. The molecule has 5 heteroatoms. The fraction of sp³-hybridized carbons (Fsp3) is 0.318. The molecule has 1 aliphatic rings. The van der Waals surface area contributed by atoms with Gasteiger partial charge in [-0.3, -0.25) is 4.79 Å². The summed E-state index contributed by atoms with van der Waals surface area (Å²) < 4.78 is 0. The molecular formula is C22H24N4O. The van der Waals surface area contributed by atoms with Crippen LogP contribution in [0.1, 0.15) is 30.4 Å². The Hall–Kier alpha value is -3.15. The van der Waals surface area contributed by atoms with Crippen molar-refractivity contribution >= 4 is 5.91 Å². The molecule has 1 atom stereocenters. The Kier molecular flexibility index (Phi) is 8.03. The van der Waals surface area contributed by atoms with E-state index >= 15 is 0 Å². The van der Waals surface area contributed by atoms with E-state index in [1.165, 1.54) is 11.1 Å². The van der Waals surface area contributed by atoms with Crippen LogP contribution < -0.4 is 10.6 Å². The van der Waals surface area contributed by atoms with E-state index in [0.29, 0.717) is 5.56 Å². The lowest BCUT2D eigenvalue weighted by molar-refractivity contribution is -0.123. The molecule has 27 heavy (non-hydrogen) atoms. The SMILES string of the molecule is Cc1ccc(-c2ccc(C#N)cc2)cc1.N#CCNC(=O)C1CCCCN1. The molecule has 2 N–H and O–H groups in total. The van der Waals surface area contributed by atoms with Gasteiger partial charge in [-0.15, -0.1) is 0 Å². The largest absolute Gasteiger partial charge is 0.342 e. The maximum absolute atomic E-state index is 11.2. The Balaban J connectivity index is 0.000000199. The van der Waals surface area contributed by atoms with Crippen molar-refractivity contribution in [3.8, 4) is 23.3 Å². The first-order valence-electron chi connectivity index (χ1n) is 9.09. The Morgan fingerprint density at radius 2 is 1.70 bits per heavy atom. The highest BCUT2D eigenvalue weighted by molar-refractivity contribution is 5.81. The molecule has 0 radical (unpaired) electrons. The summed E-state index contributed by atoms with van der Waals surface area (Å²) in [7, 11) is 0. The van der Waals surface area contributed by atoms with Gasteiger partial charge in [0.2, 0.25) is 5.91 Å². The van der Waals surface area contributed by atoms with E-state index in [9.17, 15) is 4.79 Å². The van der Waals surface area contributed by atoms with E-state index in [1.807, 2.05) is 30.3 Å². The summed E-state index contributed by atoms with van der Waals surface area (Å²) >= 11 is 0. The second-order valence-electron chi connectivity index (χ2n) is 6.43. The third-order valence-corrected chi connectivity index (χ3v) is 4.37. The van der Waals surface area contributed by atoms with Gasteiger partial charge in [0.15, 0.2) is 0 Å². The van der Waals surface area contributed by atoms with Crippen molar-refractivity contribution in [2.45, 2.75) is 32.2 Å². The molecule has 2 aromatic carbocycles. The number of carbonyl (C=O) groups is 1. The summed E-state index contributed by atoms with van der Waals surface area (Å²) in [5.74, 6) is -0.0451. The number of hydrogen-bond donors (Lipinski definition) is 2. The van der Waals surface area contributed by atoms with Gasteiger partial charge in [0.25, 0.3) is 0 Å². The smallest absolute Gasteiger partial charge is 0.237 e. The topological polar surface area (TPSA) is 88.7 Å². The van der Waals surface area contributed by atoms with E-state index in [4.69, 9.17) is 10.5 Å². The van der Waals surface area contributed by atoms with Crippen LogP contribution in [0, 0.1) is 29.6 Å². The number of benzene rings is 2. The van der Waals surface area contributed by atoms with E-state index in [0.717, 1.165) is 31.4 Å². The van der Waals surface area contributed by atoms with Crippen LogP contribution in [0.3, 0.4) is 0 Å². The zero-order valence-corrected chi connectivity index (χ0v) is 15.5. The predicted octanol–water partition coefficient (Wildman–Crippen LogP) is 3.30. The number of hydrogen-bond acceptors (Lipinski definition) is 4. The Labute approximate surface area is 160 Å². The van der Waals surface area contributed by atoms with Gasteiger partial charge in [0, 0.05) is 0 Å². The van der Waals surface area contributed by atoms with Gasteiger partial charge in [0.1, 0.15) is 6.54 Å². The standard InChI is InChI=1S/C14H11N.C8H13N3O/c1-11-2-6-13(7-3-11)14-8-4-12(10-15)5-9-14;9-4-6-11-8(12)7-3-1-2-5-10-7/h2-9H,1H3;7,10H,1-3,5-6H2,(H,11,12). The molecule has 2 aromatic rings. The van der Waals surface area contributed by atoms with Crippen LogP contribution in [-0.4, -0.2) is 25.0 Å². The number of aryl methyl sites for hydroxylation is 1. The summed E-state index contributed by atoms with van der Waals surface area (Å²) in [5, 5.41) is 22.6. The van der Waals surface area contributed by atoms with E-state index in [-0.39, 0.29) is 18.5 Å². The van der Waals surface area contributed by atoms with Gasteiger partial charge in [-0.25, -0.2) is 0 Å². The highest BCUT2D eigenvalue weighted by Crippen LogP contribution is 2.19. The lowest BCUT2D eigenvalue weighted by Gasteiger charge is -2.21. The van der Waals surface area contributed by atoms with Crippen LogP contribution in [-0.2, 0) is 4.79 Å². The molecule has 1 saturated heterocycles. The molecule has 1 fully saturated rings. The summed E-state index contributed by atoms with van der Waals surface area (Å²) in [6.45, 7) is 3.09. The highest BCUT2D eigenvalue weighted by Gasteiger charge is 2.19. The summed E-state index contributed by atoms with van der Waals surface area (Å²) in [6, 6.07) is 19.9. The molecule has 5 nitrogen and oxygen atoms in total. The molecule has 0 aromatic heterocycles. The first-order chi connectivity index (χ1) is 13.1. The number of nitriles is 2. The third-order valence-electron chi connectivity index (χ3n) is 4.37. The number of nitrogens with one attached hydrogen (secondary N) is 2. The maximum atomic E-state index is 11.2. The minimum atomic E-state index is -0.0768. The molecule has 1 aliphatic heterocycles. The van der Waals surface area contributed by atoms with Gasteiger partial charge in [-0.2, -0.15) is 10.5 Å². The monoisotopic (exact) mass is 360 g/mol. The van der Waals surface area contributed by atoms with Crippen molar-refractivity contribution in [2.24, 2.45) is 0 Å². The summed E-state index contributed by atoms with van der Waals surface area (Å²) in [6.07, 6.45) is 3.12. The average molecular weight is 360 g/mol. The molecule has 1 unspecified atom stereocenters. The number of rotatable bonds is 3. The highest BCUT2D eigenvalue weighted by atomic mass is 16.2. The maximum Gasteiger partial charge on any atom is 0.237 e. The van der Waals surface area contributed by atoms with Crippen molar-refractivity contribution in [1.82, 2.24) is 10.6 Å². The number of piperidine rings is 1. The van der Waals surface area contributed by atoms with Crippen molar-refractivity contribution in [3.05, 3.63) is 59.7 Å².